The zero-order valence-corrected chi connectivity index (χ0v) is 17.2. The number of aromatic nitrogens is 1. The second-order valence-electron chi connectivity index (χ2n) is 6.72. The van der Waals surface area contributed by atoms with E-state index >= 15 is 0 Å². The summed E-state index contributed by atoms with van der Waals surface area (Å²) in [6, 6.07) is 7.58. The van der Waals surface area contributed by atoms with Gasteiger partial charge in [-0.25, -0.2) is 8.42 Å². The fraction of sp³-hybridized carbons (Fsp3) is 0.368. The number of nitrogens with zero attached hydrogens (tertiary/aromatic N) is 3. The largest absolute Gasteiger partial charge is 0.494 e. The molecule has 0 radical (unpaired) electrons. The van der Waals surface area contributed by atoms with Gasteiger partial charge in [-0.2, -0.15) is 4.31 Å². The second kappa shape index (κ2) is 9.18. The molecule has 1 aromatic heterocycles. The van der Waals surface area contributed by atoms with Gasteiger partial charge in [0.05, 0.1) is 16.4 Å². The predicted octanol–water partition coefficient (Wildman–Crippen LogP) is 2.43. The van der Waals surface area contributed by atoms with Gasteiger partial charge < -0.3 is 10.1 Å². The Bertz CT molecular complexity index is 1020. The highest BCUT2D eigenvalue weighted by Crippen LogP contribution is 2.28. The normalized spacial score (nSPS) is 15.5. The highest BCUT2D eigenvalue weighted by molar-refractivity contribution is 7.89. The molecule has 1 aliphatic rings. The predicted molar refractivity (Wildman–Crippen MR) is 109 cm³/mol. The minimum atomic E-state index is -3.67. The molecule has 10 nitrogen and oxygen atoms in total. The SMILES string of the molecule is CCOc1ccc(S(=O)(=O)N2CCC(C(=O)Nc3ccncc3[N+](=O)[O-])CC2)cc1. The molecule has 1 fully saturated rings. The summed E-state index contributed by atoms with van der Waals surface area (Å²) in [4.78, 5) is 26.8. The number of hydrogen-bond donors (Lipinski definition) is 1. The van der Waals surface area contributed by atoms with Crippen molar-refractivity contribution in [3.05, 3.63) is 52.8 Å². The lowest BCUT2D eigenvalue weighted by atomic mass is 9.97. The van der Waals surface area contributed by atoms with E-state index in [1.165, 1.54) is 28.7 Å². The number of nitrogens with one attached hydrogen (secondary N) is 1. The van der Waals surface area contributed by atoms with Crippen molar-refractivity contribution in [1.82, 2.24) is 9.29 Å². The molecule has 3 rings (SSSR count). The summed E-state index contributed by atoms with van der Waals surface area (Å²) in [6.07, 6.45) is 3.07. The van der Waals surface area contributed by atoms with Crippen LogP contribution in [-0.4, -0.2) is 48.2 Å². The molecule has 1 amide bonds. The molecule has 1 aliphatic heterocycles. The van der Waals surface area contributed by atoms with E-state index in [2.05, 4.69) is 10.3 Å². The van der Waals surface area contributed by atoms with Crippen molar-refractivity contribution >= 4 is 27.3 Å². The van der Waals surface area contributed by atoms with Crippen molar-refractivity contribution in [1.29, 1.82) is 0 Å². The number of piperidine rings is 1. The average Bonchev–Trinajstić information content (AvgIpc) is 2.74. The molecule has 30 heavy (non-hydrogen) atoms. The number of ether oxygens (including phenoxy) is 1. The zero-order valence-electron chi connectivity index (χ0n) is 16.4. The van der Waals surface area contributed by atoms with Crippen LogP contribution in [0.25, 0.3) is 0 Å². The molecule has 0 spiro atoms. The molecule has 0 bridgehead atoms. The van der Waals surface area contributed by atoms with Crippen molar-refractivity contribution in [2.45, 2.75) is 24.7 Å². The Hall–Kier alpha value is -3.05. The molecule has 1 saturated heterocycles. The molecule has 1 N–H and O–H groups in total. The topological polar surface area (TPSA) is 132 Å². The molecule has 0 aliphatic carbocycles. The van der Waals surface area contributed by atoms with Crippen LogP contribution in [0.1, 0.15) is 19.8 Å². The summed E-state index contributed by atoms with van der Waals surface area (Å²) in [7, 11) is -3.67. The molecular weight excluding hydrogens is 412 g/mol. The smallest absolute Gasteiger partial charge is 0.310 e. The van der Waals surface area contributed by atoms with Gasteiger partial charge in [0.2, 0.25) is 15.9 Å². The van der Waals surface area contributed by atoms with Gasteiger partial charge in [0.15, 0.2) is 0 Å². The Labute approximate surface area is 174 Å². The van der Waals surface area contributed by atoms with E-state index in [0.717, 1.165) is 6.20 Å². The average molecular weight is 434 g/mol. The Morgan fingerprint density at radius 2 is 1.93 bits per heavy atom. The Kier molecular flexibility index (Phi) is 6.63. The minimum Gasteiger partial charge on any atom is -0.494 e. The summed E-state index contributed by atoms with van der Waals surface area (Å²) in [5.74, 6) is -0.219. The zero-order chi connectivity index (χ0) is 21.7. The van der Waals surface area contributed by atoms with Crippen LogP contribution in [0.4, 0.5) is 11.4 Å². The lowest BCUT2D eigenvalue weighted by Crippen LogP contribution is -2.41. The molecule has 0 atom stereocenters. The van der Waals surface area contributed by atoms with Crippen LogP contribution in [0, 0.1) is 16.0 Å². The maximum Gasteiger partial charge on any atom is 0.310 e. The van der Waals surface area contributed by atoms with Gasteiger partial charge in [0, 0.05) is 25.2 Å². The maximum absolute atomic E-state index is 12.8. The van der Waals surface area contributed by atoms with Gasteiger partial charge in [-0.1, -0.05) is 0 Å². The fourth-order valence-electron chi connectivity index (χ4n) is 3.25. The third kappa shape index (κ3) is 4.74. The van der Waals surface area contributed by atoms with Gasteiger partial charge in [0.25, 0.3) is 0 Å². The van der Waals surface area contributed by atoms with Crippen LogP contribution in [0.15, 0.2) is 47.6 Å². The van der Waals surface area contributed by atoms with Gasteiger partial charge in [-0.05, 0) is 50.1 Å². The number of pyridine rings is 1. The quantitative estimate of drug-likeness (QED) is 0.523. The van der Waals surface area contributed by atoms with Crippen LogP contribution < -0.4 is 10.1 Å². The second-order valence-corrected chi connectivity index (χ2v) is 8.66. The van der Waals surface area contributed by atoms with Crippen LogP contribution in [0.3, 0.4) is 0 Å². The molecule has 1 aromatic carbocycles. The highest BCUT2D eigenvalue weighted by Gasteiger charge is 2.32. The number of benzene rings is 1. The van der Waals surface area contributed by atoms with Gasteiger partial charge in [0.1, 0.15) is 17.6 Å². The Morgan fingerprint density at radius 3 is 2.53 bits per heavy atom. The number of sulfonamides is 1. The number of rotatable bonds is 7. The van der Waals surface area contributed by atoms with E-state index in [9.17, 15) is 23.3 Å². The summed E-state index contributed by atoms with van der Waals surface area (Å²) < 4.78 is 32.4. The monoisotopic (exact) mass is 434 g/mol. The van der Waals surface area contributed by atoms with Crippen molar-refractivity contribution in [3.8, 4) is 5.75 Å². The van der Waals surface area contributed by atoms with Gasteiger partial charge in [-0.15, -0.1) is 0 Å². The first-order valence-electron chi connectivity index (χ1n) is 9.45. The van der Waals surface area contributed by atoms with Gasteiger partial charge >= 0.3 is 5.69 Å². The highest BCUT2D eigenvalue weighted by atomic mass is 32.2. The standard InChI is InChI=1S/C19H22N4O6S/c1-2-29-15-3-5-16(6-4-15)30(27,28)22-11-8-14(9-12-22)19(24)21-17-7-10-20-13-18(17)23(25)26/h3-7,10,13-14H,2,8-9,11-12H2,1H3,(H,20,21,24). The number of nitro groups is 1. The Morgan fingerprint density at radius 1 is 1.27 bits per heavy atom. The molecular formula is C19H22N4O6S. The number of amides is 1. The van der Waals surface area contributed by atoms with Crippen LogP contribution >= 0.6 is 0 Å². The van der Waals surface area contributed by atoms with Crippen molar-refractivity contribution in [2.75, 3.05) is 25.0 Å². The summed E-state index contributed by atoms with van der Waals surface area (Å²) in [5, 5.41) is 13.6. The van der Waals surface area contributed by atoms with E-state index in [1.807, 2.05) is 6.92 Å². The fourth-order valence-corrected chi connectivity index (χ4v) is 4.72. The van der Waals surface area contributed by atoms with Crippen LogP contribution in [-0.2, 0) is 14.8 Å². The van der Waals surface area contributed by atoms with Gasteiger partial charge in [-0.3, -0.25) is 19.9 Å². The first kappa shape index (κ1) is 21.7. The third-order valence-corrected chi connectivity index (χ3v) is 6.76. The lowest BCUT2D eigenvalue weighted by molar-refractivity contribution is -0.384. The third-order valence-electron chi connectivity index (χ3n) is 4.85. The number of carbonyl (C=O) groups is 1. The van der Waals surface area contributed by atoms with Crippen LogP contribution in [0.5, 0.6) is 5.75 Å². The number of carbonyl (C=O) groups excluding carboxylic acids is 1. The molecule has 2 aromatic rings. The molecule has 2 heterocycles. The molecule has 11 heteroatoms. The Balaban J connectivity index is 1.62. The van der Waals surface area contributed by atoms with Crippen molar-refractivity contribution in [2.24, 2.45) is 5.92 Å². The van der Waals surface area contributed by atoms with Crippen molar-refractivity contribution in [3.63, 3.8) is 0 Å². The summed E-state index contributed by atoms with van der Waals surface area (Å²) in [6.45, 7) is 2.71. The number of anilines is 1. The lowest BCUT2D eigenvalue weighted by Gasteiger charge is -2.30. The first-order chi connectivity index (χ1) is 14.3. The van der Waals surface area contributed by atoms with E-state index in [4.69, 9.17) is 4.74 Å². The van der Waals surface area contributed by atoms with E-state index in [0.29, 0.717) is 25.2 Å². The summed E-state index contributed by atoms with van der Waals surface area (Å²) >= 11 is 0. The number of hydrogen-bond acceptors (Lipinski definition) is 7. The molecule has 0 saturated carbocycles. The molecule has 0 unspecified atom stereocenters. The van der Waals surface area contributed by atoms with E-state index in [-0.39, 0.29) is 35.3 Å². The first-order valence-corrected chi connectivity index (χ1v) is 10.9. The van der Waals surface area contributed by atoms with Crippen LogP contribution in [0.2, 0.25) is 0 Å². The summed E-state index contributed by atoms with van der Waals surface area (Å²) in [5.41, 5.74) is -0.217. The van der Waals surface area contributed by atoms with E-state index < -0.39 is 20.9 Å². The maximum atomic E-state index is 12.8. The minimum absolute atomic E-state index is 0.0736. The molecule has 160 valence electrons. The van der Waals surface area contributed by atoms with E-state index in [1.54, 1.807) is 12.1 Å². The van der Waals surface area contributed by atoms with Crippen molar-refractivity contribution < 1.29 is 22.9 Å².